The van der Waals surface area contributed by atoms with Crippen LogP contribution in [0.4, 0.5) is 14.5 Å². The van der Waals surface area contributed by atoms with E-state index in [9.17, 15) is 18.9 Å². The maximum atomic E-state index is 12.4. The zero-order valence-corrected chi connectivity index (χ0v) is 17.8. The highest BCUT2D eigenvalue weighted by atomic mass is 32.1. The van der Waals surface area contributed by atoms with Crippen molar-refractivity contribution in [1.82, 2.24) is 4.68 Å². The van der Waals surface area contributed by atoms with Gasteiger partial charge in [0.05, 0.1) is 16.3 Å². The first-order valence-corrected chi connectivity index (χ1v) is 10.2. The Balaban J connectivity index is 2.08. The van der Waals surface area contributed by atoms with E-state index in [1.165, 1.54) is 35.6 Å². The summed E-state index contributed by atoms with van der Waals surface area (Å²) in [7, 11) is 0. The first kappa shape index (κ1) is 22.3. The number of nitro benzene ring substituents is 1. The van der Waals surface area contributed by atoms with Crippen molar-refractivity contribution in [1.29, 1.82) is 0 Å². The fourth-order valence-corrected chi connectivity index (χ4v) is 3.73. The molecule has 0 N–H and O–H groups in total. The molecule has 7 nitrogen and oxygen atoms in total. The lowest BCUT2D eigenvalue weighted by molar-refractivity contribution is -0.384. The normalized spacial score (nSPS) is 12.6. The SMILES string of the molecule is C/C(=N\n1c(-c2ccc(OC(F)F)cc2)csc1=NC(C)C)c1cccc([N+](=O)[O-])c1. The predicted molar refractivity (Wildman–Crippen MR) is 116 cm³/mol. The number of hydrogen-bond donors (Lipinski definition) is 0. The smallest absolute Gasteiger partial charge is 0.387 e. The van der Waals surface area contributed by atoms with Crippen molar-refractivity contribution < 1.29 is 18.4 Å². The average molecular weight is 446 g/mol. The molecular formula is C21H20F2N4O3S. The topological polar surface area (TPSA) is 82.0 Å². The van der Waals surface area contributed by atoms with Crippen molar-refractivity contribution in [2.75, 3.05) is 0 Å². The van der Waals surface area contributed by atoms with Gasteiger partial charge in [-0.15, -0.1) is 11.3 Å². The molecule has 0 saturated carbocycles. The number of alkyl halides is 2. The number of thiazole rings is 1. The van der Waals surface area contributed by atoms with E-state index in [4.69, 9.17) is 0 Å². The second kappa shape index (κ2) is 9.61. The van der Waals surface area contributed by atoms with Gasteiger partial charge >= 0.3 is 6.61 Å². The number of hydrogen-bond acceptors (Lipinski definition) is 6. The van der Waals surface area contributed by atoms with Crippen LogP contribution in [-0.4, -0.2) is 28.0 Å². The van der Waals surface area contributed by atoms with Gasteiger partial charge in [-0.3, -0.25) is 15.1 Å². The standard InChI is InChI=1S/C21H20F2N4O3S/c1-13(2)24-21-26(25-14(3)16-5-4-6-17(11-16)27(28)29)19(12-31-21)15-7-9-18(10-8-15)30-20(22)23/h4-13,20H,1-3H3/b24-21?,25-14+. The summed E-state index contributed by atoms with van der Waals surface area (Å²) >= 11 is 1.39. The summed E-state index contributed by atoms with van der Waals surface area (Å²) < 4.78 is 30.9. The van der Waals surface area contributed by atoms with E-state index in [2.05, 4.69) is 14.8 Å². The number of nitro groups is 1. The Hall–Kier alpha value is -3.40. The number of aromatic nitrogens is 1. The monoisotopic (exact) mass is 446 g/mol. The number of ether oxygens (including phenoxy) is 1. The maximum absolute atomic E-state index is 12.4. The summed E-state index contributed by atoms with van der Waals surface area (Å²) in [6, 6.07) is 12.5. The molecule has 0 amide bonds. The Morgan fingerprint density at radius 3 is 2.52 bits per heavy atom. The molecule has 0 atom stereocenters. The van der Waals surface area contributed by atoms with Gasteiger partial charge in [0.25, 0.3) is 5.69 Å². The molecule has 0 radical (unpaired) electrons. The Bertz CT molecular complexity index is 1170. The molecular weight excluding hydrogens is 426 g/mol. The van der Waals surface area contributed by atoms with Crippen molar-refractivity contribution >= 4 is 22.7 Å². The first-order chi connectivity index (χ1) is 14.7. The van der Waals surface area contributed by atoms with Crippen LogP contribution >= 0.6 is 11.3 Å². The molecule has 0 saturated heterocycles. The molecule has 3 aromatic rings. The van der Waals surface area contributed by atoms with Gasteiger partial charge in [0.2, 0.25) is 4.80 Å². The van der Waals surface area contributed by atoms with E-state index >= 15 is 0 Å². The fourth-order valence-electron chi connectivity index (χ4n) is 2.76. The lowest BCUT2D eigenvalue weighted by Crippen LogP contribution is -2.16. The lowest BCUT2D eigenvalue weighted by atomic mass is 10.1. The predicted octanol–water partition coefficient (Wildman–Crippen LogP) is 5.31. The summed E-state index contributed by atoms with van der Waals surface area (Å²) in [6.45, 7) is 2.75. The molecule has 162 valence electrons. The Morgan fingerprint density at radius 1 is 1.19 bits per heavy atom. The third-order valence-corrected chi connectivity index (χ3v) is 4.98. The van der Waals surface area contributed by atoms with Crippen LogP contribution in [0.5, 0.6) is 5.75 Å². The highest BCUT2D eigenvalue weighted by Gasteiger charge is 2.12. The molecule has 0 aliphatic rings. The lowest BCUT2D eigenvalue weighted by Gasteiger charge is -2.08. The molecule has 2 aromatic carbocycles. The molecule has 31 heavy (non-hydrogen) atoms. The van der Waals surface area contributed by atoms with Gasteiger partial charge in [-0.05, 0) is 45.0 Å². The summed E-state index contributed by atoms with van der Waals surface area (Å²) in [5.41, 5.74) is 2.59. The van der Waals surface area contributed by atoms with E-state index in [1.54, 1.807) is 35.9 Å². The molecule has 0 fully saturated rings. The van der Waals surface area contributed by atoms with Crippen molar-refractivity contribution in [3.8, 4) is 17.0 Å². The van der Waals surface area contributed by atoms with Crippen LogP contribution in [0.25, 0.3) is 11.3 Å². The van der Waals surface area contributed by atoms with Crippen LogP contribution in [0.15, 0.2) is 64.0 Å². The van der Waals surface area contributed by atoms with Gasteiger partial charge in [0, 0.05) is 34.7 Å². The second-order valence-electron chi connectivity index (χ2n) is 6.83. The van der Waals surface area contributed by atoms with Crippen molar-refractivity contribution in [2.24, 2.45) is 10.1 Å². The summed E-state index contributed by atoms with van der Waals surface area (Å²) in [6.07, 6.45) is 0. The molecule has 0 unspecified atom stereocenters. The molecule has 0 aliphatic heterocycles. The quantitative estimate of drug-likeness (QED) is 0.280. The van der Waals surface area contributed by atoms with Crippen LogP contribution in [0.1, 0.15) is 26.3 Å². The minimum absolute atomic E-state index is 0.0212. The van der Waals surface area contributed by atoms with Crippen LogP contribution in [0, 0.1) is 10.1 Å². The van der Waals surface area contributed by atoms with Crippen LogP contribution in [0.2, 0.25) is 0 Å². The highest BCUT2D eigenvalue weighted by molar-refractivity contribution is 7.07. The van der Waals surface area contributed by atoms with Crippen molar-refractivity contribution in [3.05, 3.63) is 74.4 Å². The molecule has 1 heterocycles. The van der Waals surface area contributed by atoms with Gasteiger partial charge in [0.1, 0.15) is 5.75 Å². The number of benzene rings is 2. The number of non-ortho nitro benzene ring substituents is 1. The Morgan fingerprint density at radius 2 is 1.90 bits per heavy atom. The van der Waals surface area contributed by atoms with E-state index in [1.807, 2.05) is 19.2 Å². The molecule has 3 rings (SSSR count). The Kier molecular flexibility index (Phi) is 6.91. The van der Waals surface area contributed by atoms with Crippen LogP contribution in [-0.2, 0) is 0 Å². The largest absolute Gasteiger partial charge is 0.435 e. The maximum Gasteiger partial charge on any atom is 0.387 e. The number of rotatable bonds is 7. The zero-order valence-electron chi connectivity index (χ0n) is 17.0. The zero-order chi connectivity index (χ0) is 22.5. The van der Waals surface area contributed by atoms with E-state index < -0.39 is 11.5 Å². The molecule has 0 aliphatic carbocycles. The average Bonchev–Trinajstić information content (AvgIpc) is 3.09. The second-order valence-corrected chi connectivity index (χ2v) is 7.67. The molecule has 1 aromatic heterocycles. The highest BCUT2D eigenvalue weighted by Crippen LogP contribution is 2.24. The van der Waals surface area contributed by atoms with Crippen molar-refractivity contribution in [3.63, 3.8) is 0 Å². The van der Waals surface area contributed by atoms with Gasteiger partial charge < -0.3 is 4.74 Å². The summed E-state index contributed by atoms with van der Waals surface area (Å²) in [5.74, 6) is 0.0592. The van der Waals surface area contributed by atoms with Crippen LogP contribution < -0.4 is 9.54 Å². The van der Waals surface area contributed by atoms with E-state index in [-0.39, 0.29) is 17.5 Å². The summed E-state index contributed by atoms with van der Waals surface area (Å²) in [4.78, 5) is 15.9. The van der Waals surface area contributed by atoms with Gasteiger partial charge in [-0.25, -0.2) is 4.68 Å². The molecule has 0 spiro atoms. The number of nitrogens with zero attached hydrogens (tertiary/aromatic N) is 4. The van der Waals surface area contributed by atoms with Gasteiger partial charge in [-0.1, -0.05) is 12.1 Å². The van der Waals surface area contributed by atoms with E-state index in [0.717, 1.165) is 5.56 Å². The fraction of sp³-hybridized carbons (Fsp3) is 0.238. The Labute approximate surface area is 181 Å². The third kappa shape index (κ3) is 5.60. The summed E-state index contributed by atoms with van der Waals surface area (Å²) in [5, 5.41) is 17.6. The number of halogens is 2. The first-order valence-electron chi connectivity index (χ1n) is 9.34. The third-order valence-electron chi connectivity index (χ3n) is 4.15. The van der Waals surface area contributed by atoms with Gasteiger partial charge in [-0.2, -0.15) is 13.9 Å². The van der Waals surface area contributed by atoms with Crippen molar-refractivity contribution in [2.45, 2.75) is 33.4 Å². The molecule has 0 bridgehead atoms. The van der Waals surface area contributed by atoms with E-state index in [0.29, 0.717) is 21.8 Å². The van der Waals surface area contributed by atoms with Crippen LogP contribution in [0.3, 0.4) is 0 Å². The minimum atomic E-state index is -2.89. The van der Waals surface area contributed by atoms with Gasteiger partial charge in [0.15, 0.2) is 0 Å². The molecule has 10 heteroatoms. The minimum Gasteiger partial charge on any atom is -0.435 e.